The summed E-state index contributed by atoms with van der Waals surface area (Å²) in [4.78, 5) is 9.70. The Kier molecular flexibility index (Phi) is 7.03. The van der Waals surface area contributed by atoms with Crippen LogP contribution in [-0.2, 0) is 16.5 Å². The largest absolute Gasteiger partial charge is 0.768 e. The molecule has 0 saturated carbocycles. The molecule has 2 aliphatic carbocycles. The van der Waals surface area contributed by atoms with Crippen molar-refractivity contribution in [2.45, 2.75) is 31.1 Å². The third-order valence-corrected chi connectivity index (χ3v) is 12.0. The molecule has 1 aromatic heterocycles. The van der Waals surface area contributed by atoms with Crippen molar-refractivity contribution in [3.63, 3.8) is 0 Å². The van der Waals surface area contributed by atoms with E-state index in [0.29, 0.717) is 5.82 Å². The molecule has 2 atom stereocenters. The highest BCUT2D eigenvalue weighted by Crippen LogP contribution is 2.61. The van der Waals surface area contributed by atoms with Gasteiger partial charge in [-0.15, -0.1) is 0 Å². The molecule has 8 aromatic rings. The summed E-state index contributed by atoms with van der Waals surface area (Å²) in [6.45, 7) is 6.03. The molecule has 0 bridgehead atoms. The summed E-state index contributed by atoms with van der Waals surface area (Å²) in [5.74, 6) is 0.706. The molecule has 0 aliphatic heterocycles. The Morgan fingerprint density at radius 1 is 0.528 bits per heavy atom. The smallest absolute Gasteiger partial charge is 0.126 e. The fourth-order valence-corrected chi connectivity index (χ4v) is 9.90. The van der Waals surface area contributed by atoms with E-state index in [0.717, 1.165) is 67.0 Å². The van der Waals surface area contributed by atoms with Crippen LogP contribution in [-0.4, -0.2) is 18.7 Å². The number of benzene rings is 7. The van der Waals surface area contributed by atoms with Crippen molar-refractivity contribution < 1.29 is 8.76 Å². The molecule has 7 aromatic carbocycles. The standard InChI is InChI=1S/C48H34N2O2S/c1-28-12-4-7-18-40(28)48(41-19-8-9-21-45(41)53(51)52)42-20-11-17-37(47(42)39-23-22-31(27-43(39)48)44-26-29(2)49-30(3)50-44)34-24-25-38-33-14-6-5-13-32(33)35-15-10-16-36(34)46(35)38/h4-27H,1-3H3,(H,51,52)/p-1. The van der Waals surface area contributed by atoms with Crippen LogP contribution >= 0.6 is 0 Å². The fraction of sp³-hybridized carbons (Fsp3) is 0.0833. The Bertz CT molecular complexity index is 2830. The maximum absolute atomic E-state index is 13.2. The molecule has 1 heterocycles. The van der Waals surface area contributed by atoms with E-state index in [1.54, 1.807) is 12.1 Å². The summed E-state index contributed by atoms with van der Waals surface area (Å²) in [7, 11) is 0. The van der Waals surface area contributed by atoms with Crippen molar-refractivity contribution in [3.05, 3.63) is 185 Å². The molecule has 2 aliphatic rings. The highest BCUT2D eigenvalue weighted by Gasteiger charge is 2.49. The van der Waals surface area contributed by atoms with Gasteiger partial charge < -0.3 is 4.55 Å². The normalized spacial score (nSPS) is 15.6. The topological polar surface area (TPSA) is 65.9 Å². The van der Waals surface area contributed by atoms with E-state index < -0.39 is 16.5 Å². The van der Waals surface area contributed by atoms with Gasteiger partial charge in [0, 0.05) is 16.2 Å². The monoisotopic (exact) mass is 701 g/mol. The lowest BCUT2D eigenvalue weighted by Crippen LogP contribution is -2.31. The van der Waals surface area contributed by atoms with Gasteiger partial charge in [-0.2, -0.15) is 0 Å². The van der Waals surface area contributed by atoms with E-state index in [9.17, 15) is 8.76 Å². The summed E-state index contributed by atoms with van der Waals surface area (Å²) in [6, 6.07) is 50.9. The molecule has 53 heavy (non-hydrogen) atoms. The molecular weight excluding hydrogens is 669 g/mol. The number of rotatable bonds is 5. The third kappa shape index (κ3) is 4.48. The minimum absolute atomic E-state index is 0.280. The minimum atomic E-state index is -2.49. The predicted octanol–water partition coefficient (Wildman–Crippen LogP) is 11.1. The van der Waals surface area contributed by atoms with Crippen LogP contribution in [0.15, 0.2) is 150 Å². The lowest BCUT2D eigenvalue weighted by Gasteiger charge is -2.37. The zero-order chi connectivity index (χ0) is 36.0. The molecule has 0 saturated heterocycles. The van der Waals surface area contributed by atoms with Crippen LogP contribution in [0.3, 0.4) is 0 Å². The van der Waals surface area contributed by atoms with Crippen LogP contribution in [0.4, 0.5) is 0 Å². The zero-order valence-electron chi connectivity index (χ0n) is 29.5. The van der Waals surface area contributed by atoms with Gasteiger partial charge in [-0.1, -0.05) is 127 Å². The van der Waals surface area contributed by atoms with Gasteiger partial charge in [-0.3, -0.25) is 4.21 Å². The van der Waals surface area contributed by atoms with E-state index in [2.05, 4.69) is 121 Å². The summed E-state index contributed by atoms with van der Waals surface area (Å²) in [5.41, 5.74) is 16.1. The lowest BCUT2D eigenvalue weighted by molar-refractivity contribution is 0.534. The lowest BCUT2D eigenvalue weighted by atomic mass is 9.66. The number of fused-ring (bicyclic) bond motifs is 6. The van der Waals surface area contributed by atoms with Gasteiger partial charge in [0.25, 0.3) is 0 Å². The summed E-state index contributed by atoms with van der Waals surface area (Å²) < 4.78 is 26.4. The van der Waals surface area contributed by atoms with E-state index in [4.69, 9.17) is 4.98 Å². The van der Waals surface area contributed by atoms with Gasteiger partial charge in [0.2, 0.25) is 0 Å². The maximum Gasteiger partial charge on any atom is 0.126 e. The molecular formula is C48H33N2O2S-. The van der Waals surface area contributed by atoms with Crippen LogP contribution in [0.5, 0.6) is 0 Å². The number of hydrogen-bond acceptors (Lipinski definition) is 4. The van der Waals surface area contributed by atoms with Crippen LogP contribution < -0.4 is 0 Å². The molecule has 0 fully saturated rings. The van der Waals surface area contributed by atoms with Crippen LogP contribution in [0.1, 0.15) is 39.3 Å². The van der Waals surface area contributed by atoms with Gasteiger partial charge in [-0.25, -0.2) is 9.97 Å². The van der Waals surface area contributed by atoms with Crippen molar-refractivity contribution >= 4 is 21.9 Å². The second-order valence-electron chi connectivity index (χ2n) is 14.2. The quantitative estimate of drug-likeness (QED) is 0.168. The second-order valence-corrected chi connectivity index (χ2v) is 15.1. The molecule has 10 rings (SSSR count). The van der Waals surface area contributed by atoms with Gasteiger partial charge >= 0.3 is 0 Å². The van der Waals surface area contributed by atoms with E-state index in [1.165, 1.54) is 33.0 Å². The van der Waals surface area contributed by atoms with E-state index >= 15 is 0 Å². The Morgan fingerprint density at radius 3 is 1.92 bits per heavy atom. The van der Waals surface area contributed by atoms with Crippen molar-refractivity contribution in [2.24, 2.45) is 0 Å². The number of aromatic nitrogens is 2. The average Bonchev–Trinajstić information content (AvgIpc) is 3.66. The molecule has 0 spiro atoms. The van der Waals surface area contributed by atoms with Gasteiger partial charge in [0.15, 0.2) is 0 Å². The predicted molar refractivity (Wildman–Crippen MR) is 214 cm³/mol. The van der Waals surface area contributed by atoms with E-state index in [1.807, 2.05) is 38.1 Å². The van der Waals surface area contributed by atoms with Gasteiger partial charge in [-0.05, 0) is 133 Å². The van der Waals surface area contributed by atoms with Crippen molar-refractivity contribution in [1.82, 2.24) is 9.97 Å². The SMILES string of the molecule is Cc1cc(-c2ccc3c(c2)C(c2ccccc2C)(c2ccccc2S(=O)[O-])c2cccc(-c4ccc5c6c(cccc46)-c4ccccc4-5)c2-3)nc(C)n1. The molecule has 254 valence electrons. The van der Waals surface area contributed by atoms with Gasteiger partial charge in [0.05, 0.1) is 11.1 Å². The molecule has 0 amide bonds. The molecule has 2 unspecified atom stereocenters. The first-order valence-corrected chi connectivity index (χ1v) is 19.0. The molecule has 4 nitrogen and oxygen atoms in total. The highest BCUT2D eigenvalue weighted by atomic mass is 32.2. The first-order valence-electron chi connectivity index (χ1n) is 17.9. The highest BCUT2D eigenvalue weighted by molar-refractivity contribution is 7.79. The Labute approximate surface area is 311 Å². The third-order valence-electron chi connectivity index (χ3n) is 11.3. The summed E-state index contributed by atoms with van der Waals surface area (Å²) in [6.07, 6.45) is 0. The fourth-order valence-electron chi connectivity index (χ4n) is 9.31. The Hall–Kier alpha value is -6.01. The van der Waals surface area contributed by atoms with Crippen molar-refractivity contribution in [2.75, 3.05) is 0 Å². The van der Waals surface area contributed by atoms with Crippen LogP contribution in [0.2, 0.25) is 0 Å². The van der Waals surface area contributed by atoms with Crippen molar-refractivity contribution in [3.8, 4) is 55.8 Å². The van der Waals surface area contributed by atoms with Crippen molar-refractivity contribution in [1.29, 1.82) is 0 Å². The van der Waals surface area contributed by atoms with Gasteiger partial charge in [0.1, 0.15) is 5.82 Å². The number of hydrogen-bond donors (Lipinski definition) is 0. The molecule has 0 radical (unpaired) electrons. The van der Waals surface area contributed by atoms with Crippen LogP contribution in [0.25, 0.3) is 66.5 Å². The Morgan fingerprint density at radius 2 is 1.15 bits per heavy atom. The Balaban J connectivity index is 1.35. The first kappa shape index (κ1) is 31.7. The summed E-state index contributed by atoms with van der Waals surface area (Å²) in [5, 5.41) is 2.47. The zero-order valence-corrected chi connectivity index (χ0v) is 30.3. The molecule has 5 heteroatoms. The summed E-state index contributed by atoms with van der Waals surface area (Å²) >= 11 is -2.49. The number of aryl methyl sites for hydroxylation is 3. The second kappa shape index (κ2) is 11.8. The maximum atomic E-state index is 13.2. The minimum Gasteiger partial charge on any atom is -0.768 e. The van der Waals surface area contributed by atoms with E-state index in [-0.39, 0.29) is 4.90 Å². The first-order chi connectivity index (χ1) is 25.9. The average molecular weight is 702 g/mol. The molecule has 0 N–H and O–H groups in total. The van der Waals surface area contributed by atoms with Crippen LogP contribution in [0, 0.1) is 20.8 Å². The number of nitrogens with zero attached hydrogens (tertiary/aromatic N) is 2.